The van der Waals surface area contributed by atoms with Crippen LogP contribution in [0.3, 0.4) is 0 Å². The molecule has 2 rings (SSSR count). The summed E-state index contributed by atoms with van der Waals surface area (Å²) < 4.78 is 0. The second-order valence-electron chi connectivity index (χ2n) is 5.13. The van der Waals surface area contributed by atoms with E-state index in [2.05, 4.69) is 18.8 Å². The van der Waals surface area contributed by atoms with E-state index in [1.165, 1.54) is 24.2 Å². The first-order valence-electron chi connectivity index (χ1n) is 7.23. The van der Waals surface area contributed by atoms with Gasteiger partial charge >= 0.3 is 0 Å². The lowest BCUT2D eigenvalue weighted by atomic mass is 10.3. The third kappa shape index (κ3) is 4.36. The molecular formula is C16H21NO2S. The highest BCUT2D eigenvalue weighted by molar-refractivity contribution is 7.14. The second-order valence-corrected chi connectivity index (χ2v) is 6.22. The Morgan fingerprint density at radius 3 is 2.95 bits per heavy atom. The molecular weight excluding hydrogens is 270 g/mol. The van der Waals surface area contributed by atoms with Crippen LogP contribution in [0.4, 0.5) is 0 Å². The van der Waals surface area contributed by atoms with Crippen molar-refractivity contribution < 1.29 is 9.90 Å². The normalized spacial score (nSPS) is 13.7. The van der Waals surface area contributed by atoms with Crippen LogP contribution in [0.15, 0.2) is 12.1 Å². The number of amides is 1. The van der Waals surface area contributed by atoms with Gasteiger partial charge in [-0.05, 0) is 37.3 Å². The Morgan fingerprint density at radius 2 is 2.30 bits per heavy atom. The van der Waals surface area contributed by atoms with Gasteiger partial charge in [-0.15, -0.1) is 11.3 Å². The molecule has 3 nitrogen and oxygen atoms in total. The average molecular weight is 291 g/mol. The summed E-state index contributed by atoms with van der Waals surface area (Å²) in [7, 11) is 0. The van der Waals surface area contributed by atoms with E-state index in [0.717, 1.165) is 29.3 Å². The molecule has 20 heavy (non-hydrogen) atoms. The molecule has 1 aromatic heterocycles. The Kier molecular flexibility index (Phi) is 5.63. The lowest BCUT2D eigenvalue weighted by Crippen LogP contribution is -2.33. The van der Waals surface area contributed by atoms with Crippen LogP contribution >= 0.6 is 11.3 Å². The van der Waals surface area contributed by atoms with E-state index in [-0.39, 0.29) is 12.5 Å². The predicted octanol–water partition coefficient (Wildman–Crippen LogP) is 2.74. The van der Waals surface area contributed by atoms with E-state index in [1.54, 1.807) is 0 Å². The zero-order valence-electron chi connectivity index (χ0n) is 11.9. The van der Waals surface area contributed by atoms with Gasteiger partial charge in [0.1, 0.15) is 0 Å². The molecule has 1 N–H and O–H groups in total. The van der Waals surface area contributed by atoms with Crippen molar-refractivity contribution >= 4 is 17.2 Å². The van der Waals surface area contributed by atoms with E-state index < -0.39 is 0 Å². The zero-order valence-corrected chi connectivity index (χ0v) is 12.7. The standard InChI is InChI=1S/C16H21NO2S/c1-2-10-17(12-13-6-7-13)16(19)15-9-8-14(20-15)5-3-4-11-18/h8-9,13,18H,2,4,6-7,10-12H2,1H3. The van der Waals surface area contributed by atoms with Gasteiger partial charge in [0.25, 0.3) is 5.91 Å². The van der Waals surface area contributed by atoms with Gasteiger partial charge in [0.15, 0.2) is 0 Å². The van der Waals surface area contributed by atoms with Crippen LogP contribution in [-0.4, -0.2) is 35.6 Å². The summed E-state index contributed by atoms with van der Waals surface area (Å²) in [5.41, 5.74) is 0. The summed E-state index contributed by atoms with van der Waals surface area (Å²) in [5, 5.41) is 8.70. The van der Waals surface area contributed by atoms with E-state index in [0.29, 0.717) is 12.3 Å². The van der Waals surface area contributed by atoms with Crippen molar-refractivity contribution in [2.45, 2.75) is 32.6 Å². The fourth-order valence-electron chi connectivity index (χ4n) is 2.04. The molecule has 0 radical (unpaired) electrons. The van der Waals surface area contributed by atoms with Crippen molar-refractivity contribution in [2.75, 3.05) is 19.7 Å². The van der Waals surface area contributed by atoms with E-state index in [4.69, 9.17) is 5.11 Å². The lowest BCUT2D eigenvalue weighted by Gasteiger charge is -2.21. The van der Waals surface area contributed by atoms with E-state index in [1.807, 2.05) is 17.0 Å². The first kappa shape index (κ1) is 15.1. The molecule has 0 spiro atoms. The SMILES string of the molecule is CCCN(CC1CC1)C(=O)c1ccc(C#CCCO)s1. The van der Waals surface area contributed by atoms with Crippen molar-refractivity contribution in [3.05, 3.63) is 21.9 Å². The average Bonchev–Trinajstić information content (AvgIpc) is 3.14. The molecule has 1 heterocycles. The largest absolute Gasteiger partial charge is 0.395 e. The van der Waals surface area contributed by atoms with Gasteiger partial charge in [0.2, 0.25) is 0 Å². The molecule has 0 aliphatic heterocycles. The van der Waals surface area contributed by atoms with Crippen LogP contribution < -0.4 is 0 Å². The summed E-state index contributed by atoms with van der Waals surface area (Å²) >= 11 is 1.45. The number of nitrogens with zero attached hydrogens (tertiary/aromatic N) is 1. The zero-order chi connectivity index (χ0) is 14.4. The number of aliphatic hydroxyl groups excluding tert-OH is 1. The van der Waals surface area contributed by atoms with Crippen molar-refractivity contribution in [3.8, 4) is 11.8 Å². The summed E-state index contributed by atoms with van der Waals surface area (Å²) in [6.07, 6.45) is 3.99. The minimum Gasteiger partial charge on any atom is -0.395 e. The van der Waals surface area contributed by atoms with Crippen LogP contribution in [0.25, 0.3) is 0 Å². The molecule has 108 valence electrons. The highest BCUT2D eigenvalue weighted by atomic mass is 32.1. The topological polar surface area (TPSA) is 40.5 Å². The van der Waals surface area contributed by atoms with Gasteiger partial charge < -0.3 is 10.0 Å². The fourth-order valence-corrected chi connectivity index (χ4v) is 2.89. The Hall–Kier alpha value is -1.31. The highest BCUT2D eigenvalue weighted by Crippen LogP contribution is 2.30. The molecule has 1 saturated carbocycles. The van der Waals surface area contributed by atoms with Crippen LogP contribution in [0, 0.1) is 17.8 Å². The minimum atomic E-state index is 0.0792. The number of carbonyl (C=O) groups is 1. The number of hydrogen-bond acceptors (Lipinski definition) is 3. The summed E-state index contributed by atoms with van der Waals surface area (Å²) in [4.78, 5) is 16.1. The Morgan fingerprint density at radius 1 is 1.50 bits per heavy atom. The van der Waals surface area contributed by atoms with Crippen molar-refractivity contribution in [2.24, 2.45) is 5.92 Å². The molecule has 1 aromatic rings. The fraction of sp³-hybridized carbons (Fsp3) is 0.562. The monoisotopic (exact) mass is 291 g/mol. The van der Waals surface area contributed by atoms with Crippen LogP contribution in [0.5, 0.6) is 0 Å². The Balaban J connectivity index is 2.01. The predicted molar refractivity (Wildman–Crippen MR) is 81.8 cm³/mol. The van der Waals surface area contributed by atoms with Gasteiger partial charge in [-0.25, -0.2) is 0 Å². The molecule has 1 fully saturated rings. The van der Waals surface area contributed by atoms with Gasteiger partial charge in [-0.1, -0.05) is 18.8 Å². The van der Waals surface area contributed by atoms with Crippen LogP contribution in [-0.2, 0) is 0 Å². The Labute approximate surface area is 124 Å². The smallest absolute Gasteiger partial charge is 0.263 e. The van der Waals surface area contributed by atoms with Crippen molar-refractivity contribution in [3.63, 3.8) is 0 Å². The molecule has 1 aliphatic rings. The lowest BCUT2D eigenvalue weighted by molar-refractivity contribution is 0.0752. The van der Waals surface area contributed by atoms with Crippen molar-refractivity contribution in [1.82, 2.24) is 4.90 Å². The quantitative estimate of drug-likeness (QED) is 0.819. The van der Waals surface area contributed by atoms with E-state index in [9.17, 15) is 4.79 Å². The maximum absolute atomic E-state index is 12.5. The summed E-state index contributed by atoms with van der Waals surface area (Å²) in [6.45, 7) is 3.91. The summed E-state index contributed by atoms with van der Waals surface area (Å²) in [6, 6.07) is 3.76. The Bertz CT molecular complexity index is 508. The summed E-state index contributed by atoms with van der Waals surface area (Å²) in [5.74, 6) is 6.72. The number of hydrogen-bond donors (Lipinski definition) is 1. The molecule has 1 amide bonds. The van der Waals surface area contributed by atoms with Gasteiger partial charge in [0, 0.05) is 19.5 Å². The molecule has 0 bridgehead atoms. The van der Waals surface area contributed by atoms with Gasteiger partial charge in [0.05, 0.1) is 16.4 Å². The van der Waals surface area contributed by atoms with Gasteiger partial charge in [-0.3, -0.25) is 4.79 Å². The van der Waals surface area contributed by atoms with Crippen LogP contribution in [0.2, 0.25) is 0 Å². The van der Waals surface area contributed by atoms with Crippen molar-refractivity contribution in [1.29, 1.82) is 0 Å². The van der Waals surface area contributed by atoms with Gasteiger partial charge in [-0.2, -0.15) is 0 Å². The first-order valence-corrected chi connectivity index (χ1v) is 8.05. The minimum absolute atomic E-state index is 0.0792. The third-order valence-electron chi connectivity index (χ3n) is 3.22. The van der Waals surface area contributed by atoms with E-state index >= 15 is 0 Å². The first-order chi connectivity index (χ1) is 9.74. The molecule has 0 unspecified atom stereocenters. The molecule has 0 saturated heterocycles. The molecule has 1 aliphatic carbocycles. The van der Waals surface area contributed by atoms with Crippen LogP contribution in [0.1, 0.15) is 47.2 Å². The molecule has 4 heteroatoms. The molecule has 0 aromatic carbocycles. The molecule has 0 atom stereocenters. The maximum Gasteiger partial charge on any atom is 0.263 e. The third-order valence-corrected chi connectivity index (χ3v) is 4.21. The maximum atomic E-state index is 12.5. The number of rotatable bonds is 6. The second kappa shape index (κ2) is 7.47. The number of thiophene rings is 1. The highest BCUT2D eigenvalue weighted by Gasteiger charge is 2.27. The number of aliphatic hydroxyl groups is 1. The number of carbonyl (C=O) groups excluding carboxylic acids is 1.